The summed E-state index contributed by atoms with van der Waals surface area (Å²) in [5, 5.41) is 23.8. The second-order valence-corrected chi connectivity index (χ2v) is 9.05. The number of phenolic OH excluding ortho intramolecular Hbond substituents is 1. The third kappa shape index (κ3) is 5.03. The first-order valence-corrected chi connectivity index (χ1v) is 12.1. The highest BCUT2D eigenvalue weighted by Gasteiger charge is 2.44. The van der Waals surface area contributed by atoms with Crippen LogP contribution < -0.4 is 19.5 Å². The number of ether oxygens (including phenoxy) is 3. The van der Waals surface area contributed by atoms with Crippen molar-refractivity contribution in [3.05, 3.63) is 58.7 Å². The molecule has 2 aromatic rings. The van der Waals surface area contributed by atoms with Crippen molar-refractivity contribution in [1.29, 1.82) is 0 Å². The van der Waals surface area contributed by atoms with Gasteiger partial charge in [-0.05, 0) is 47.9 Å². The molecule has 2 aliphatic rings. The summed E-state index contributed by atoms with van der Waals surface area (Å²) < 4.78 is 15.9. The fourth-order valence-electron chi connectivity index (χ4n) is 4.88. The van der Waals surface area contributed by atoms with Crippen molar-refractivity contribution in [2.75, 3.05) is 53.6 Å². The summed E-state index contributed by atoms with van der Waals surface area (Å²) in [5.41, 5.74) is 1.41. The number of quaternary nitrogens is 1. The number of ketones is 1. The van der Waals surface area contributed by atoms with Gasteiger partial charge in [0.05, 0.1) is 40.0 Å². The normalized spacial score (nSPS) is 20.1. The molecule has 2 aromatic carbocycles. The molecular weight excluding hydrogens is 464 g/mol. The number of morpholine rings is 1. The van der Waals surface area contributed by atoms with E-state index in [1.165, 1.54) is 30.1 Å². The molecule has 1 atom stereocenters. The van der Waals surface area contributed by atoms with Gasteiger partial charge in [0, 0.05) is 18.5 Å². The summed E-state index contributed by atoms with van der Waals surface area (Å²) in [7, 11) is 2.96. The van der Waals surface area contributed by atoms with Crippen molar-refractivity contribution in [2.45, 2.75) is 19.4 Å². The smallest absolute Gasteiger partial charge is 0.295 e. The van der Waals surface area contributed by atoms with Gasteiger partial charge in [-0.15, -0.1) is 0 Å². The molecule has 0 spiro atoms. The Bertz CT molecular complexity index is 1170. The van der Waals surface area contributed by atoms with Crippen LogP contribution >= 0.6 is 0 Å². The second-order valence-electron chi connectivity index (χ2n) is 9.05. The lowest BCUT2D eigenvalue weighted by molar-refractivity contribution is -0.908. The number of Topliss-reactive ketones (excluding diaryl/α,β-unsaturated/α-hetero) is 1. The predicted molar refractivity (Wildman–Crippen MR) is 130 cm³/mol. The first-order valence-electron chi connectivity index (χ1n) is 12.1. The number of carbonyl (C=O) groups is 2. The number of aromatic hydroxyl groups is 1. The maximum atomic E-state index is 13.7. The lowest BCUT2D eigenvalue weighted by atomic mass is 9.93. The predicted octanol–water partition coefficient (Wildman–Crippen LogP) is 0.247. The van der Waals surface area contributed by atoms with E-state index in [1.807, 2.05) is 0 Å². The summed E-state index contributed by atoms with van der Waals surface area (Å²) in [4.78, 5) is 29.3. The maximum absolute atomic E-state index is 13.7. The van der Waals surface area contributed by atoms with Crippen LogP contribution in [0.1, 0.15) is 29.2 Å². The summed E-state index contributed by atoms with van der Waals surface area (Å²) in [6.07, 6.45) is 0.670. The Morgan fingerprint density at radius 2 is 1.89 bits per heavy atom. The Morgan fingerprint density at radius 3 is 2.56 bits per heavy atom. The summed E-state index contributed by atoms with van der Waals surface area (Å²) in [6, 6.07) is 8.73. The molecule has 0 saturated carbocycles. The SMILES string of the molecule is COc1ccc(/C([O-])=C2\C(=O)C(=O)N(CCC[NH+]3CCOCC3)C2c2ccc(O)c(OC)c2)c(C)c1. The minimum atomic E-state index is -0.881. The molecule has 1 amide bonds. The van der Waals surface area contributed by atoms with Gasteiger partial charge in [0.15, 0.2) is 11.5 Å². The topological polar surface area (TPSA) is 113 Å². The van der Waals surface area contributed by atoms with Gasteiger partial charge in [0.25, 0.3) is 5.91 Å². The number of benzene rings is 2. The van der Waals surface area contributed by atoms with Crippen LogP contribution in [-0.4, -0.2) is 75.3 Å². The van der Waals surface area contributed by atoms with E-state index in [9.17, 15) is 19.8 Å². The van der Waals surface area contributed by atoms with Crippen LogP contribution in [0.4, 0.5) is 0 Å². The molecule has 2 N–H and O–H groups in total. The minimum Gasteiger partial charge on any atom is -0.872 e. The van der Waals surface area contributed by atoms with E-state index in [0.29, 0.717) is 48.6 Å². The average molecular weight is 497 g/mol. The Kier molecular flexibility index (Phi) is 7.81. The molecule has 4 rings (SSSR count). The lowest BCUT2D eigenvalue weighted by Gasteiger charge is -2.29. The second kappa shape index (κ2) is 11.0. The number of hydrogen-bond donors (Lipinski definition) is 2. The Labute approximate surface area is 210 Å². The van der Waals surface area contributed by atoms with Crippen molar-refractivity contribution in [1.82, 2.24) is 4.90 Å². The molecule has 2 aliphatic heterocycles. The summed E-state index contributed by atoms with van der Waals surface area (Å²) >= 11 is 0. The monoisotopic (exact) mass is 496 g/mol. The van der Waals surface area contributed by atoms with E-state index in [0.717, 1.165) is 19.6 Å². The van der Waals surface area contributed by atoms with Gasteiger partial charge in [-0.2, -0.15) is 0 Å². The maximum Gasteiger partial charge on any atom is 0.295 e. The number of carbonyl (C=O) groups excluding carboxylic acids is 2. The highest BCUT2D eigenvalue weighted by atomic mass is 16.5. The van der Waals surface area contributed by atoms with E-state index in [4.69, 9.17) is 14.2 Å². The van der Waals surface area contributed by atoms with Crippen LogP contribution in [0.15, 0.2) is 42.0 Å². The van der Waals surface area contributed by atoms with Crippen LogP contribution in [0, 0.1) is 6.92 Å². The number of likely N-dealkylation sites (tertiary alicyclic amines) is 1. The number of nitrogens with one attached hydrogen (secondary N) is 1. The summed E-state index contributed by atoms with van der Waals surface area (Å²) in [6.45, 7) is 6.13. The molecule has 0 aromatic heterocycles. The molecule has 0 aliphatic carbocycles. The highest BCUT2D eigenvalue weighted by Crippen LogP contribution is 2.41. The molecular formula is C27H32N2O7. The van der Waals surface area contributed by atoms with Crippen molar-refractivity contribution >= 4 is 17.4 Å². The quantitative estimate of drug-likeness (QED) is 0.306. The van der Waals surface area contributed by atoms with Crippen LogP contribution in [0.25, 0.3) is 5.76 Å². The van der Waals surface area contributed by atoms with Gasteiger partial charge in [0.2, 0.25) is 5.78 Å². The van der Waals surface area contributed by atoms with E-state index < -0.39 is 23.5 Å². The molecule has 36 heavy (non-hydrogen) atoms. The first-order chi connectivity index (χ1) is 17.3. The number of methoxy groups -OCH3 is 2. The van der Waals surface area contributed by atoms with Crippen LogP contribution in [-0.2, 0) is 14.3 Å². The molecule has 2 saturated heterocycles. The molecule has 9 nitrogen and oxygen atoms in total. The van der Waals surface area contributed by atoms with E-state index in [2.05, 4.69) is 0 Å². The van der Waals surface area contributed by atoms with Crippen molar-refractivity contribution in [2.24, 2.45) is 0 Å². The molecule has 1 unspecified atom stereocenters. The van der Waals surface area contributed by atoms with E-state index in [-0.39, 0.29) is 17.1 Å². The minimum absolute atomic E-state index is 0.0711. The fraction of sp³-hybridized carbons (Fsp3) is 0.407. The standard InChI is InChI=1S/C27H32N2O7/c1-17-15-19(34-2)6-7-20(17)25(31)23-24(18-5-8-21(30)22(16-18)35-3)29(27(33)26(23)32)10-4-9-28-11-13-36-14-12-28/h5-8,15-16,24,30-31H,4,9-14H2,1-3H3/b25-23+. The largest absolute Gasteiger partial charge is 0.872 e. The molecule has 0 radical (unpaired) electrons. The van der Waals surface area contributed by atoms with Gasteiger partial charge in [-0.1, -0.05) is 17.9 Å². The van der Waals surface area contributed by atoms with Crippen LogP contribution in [0.5, 0.6) is 17.2 Å². The first kappa shape index (κ1) is 25.5. The van der Waals surface area contributed by atoms with Gasteiger partial charge >= 0.3 is 0 Å². The number of phenols is 1. The number of hydrogen-bond acceptors (Lipinski definition) is 7. The number of amides is 1. The van der Waals surface area contributed by atoms with Crippen molar-refractivity contribution < 1.29 is 38.9 Å². The third-order valence-corrected chi connectivity index (χ3v) is 6.86. The Morgan fingerprint density at radius 1 is 1.14 bits per heavy atom. The lowest BCUT2D eigenvalue weighted by Crippen LogP contribution is -3.14. The van der Waals surface area contributed by atoms with E-state index >= 15 is 0 Å². The van der Waals surface area contributed by atoms with E-state index in [1.54, 1.807) is 37.3 Å². The van der Waals surface area contributed by atoms with Gasteiger partial charge in [0.1, 0.15) is 18.8 Å². The average Bonchev–Trinajstić information content (AvgIpc) is 3.14. The highest BCUT2D eigenvalue weighted by molar-refractivity contribution is 6.46. The Balaban J connectivity index is 1.74. The van der Waals surface area contributed by atoms with Crippen LogP contribution in [0.2, 0.25) is 0 Å². The van der Waals surface area contributed by atoms with Gasteiger partial charge in [-0.3, -0.25) is 9.59 Å². The van der Waals surface area contributed by atoms with Crippen molar-refractivity contribution in [3.8, 4) is 17.2 Å². The summed E-state index contributed by atoms with van der Waals surface area (Å²) in [5.74, 6) is -1.27. The van der Waals surface area contributed by atoms with Gasteiger partial charge < -0.3 is 34.2 Å². The zero-order valence-electron chi connectivity index (χ0n) is 20.8. The molecule has 2 fully saturated rings. The zero-order chi connectivity index (χ0) is 25.8. The van der Waals surface area contributed by atoms with Crippen LogP contribution in [0.3, 0.4) is 0 Å². The molecule has 0 bridgehead atoms. The third-order valence-electron chi connectivity index (χ3n) is 6.86. The molecule has 9 heteroatoms. The molecule has 2 heterocycles. The number of nitrogens with zero attached hydrogens (tertiary/aromatic N) is 1. The molecule has 192 valence electrons. The Hall–Kier alpha value is -3.56. The number of rotatable bonds is 8. The van der Waals surface area contributed by atoms with Crippen molar-refractivity contribution in [3.63, 3.8) is 0 Å². The number of aryl methyl sites for hydroxylation is 1. The zero-order valence-corrected chi connectivity index (χ0v) is 20.8. The van der Waals surface area contributed by atoms with Gasteiger partial charge in [-0.25, -0.2) is 0 Å². The fourth-order valence-corrected chi connectivity index (χ4v) is 4.88.